The van der Waals surface area contributed by atoms with Gasteiger partial charge in [0.15, 0.2) is 0 Å². The highest BCUT2D eigenvalue weighted by Crippen LogP contribution is 2.34. The van der Waals surface area contributed by atoms with E-state index in [0.29, 0.717) is 17.8 Å². The number of fused-ring (bicyclic) bond motifs is 3. The van der Waals surface area contributed by atoms with Gasteiger partial charge in [-0.3, -0.25) is 4.79 Å². The van der Waals surface area contributed by atoms with Gasteiger partial charge in [-0.25, -0.2) is 4.98 Å². The zero-order chi connectivity index (χ0) is 17.2. The van der Waals surface area contributed by atoms with E-state index in [1.54, 1.807) is 25.1 Å². The molecule has 3 aliphatic heterocycles. The Kier molecular flexibility index (Phi) is 4.96. The normalized spacial score (nSPS) is 24.9. The fourth-order valence-electron chi connectivity index (χ4n) is 3.53. The van der Waals surface area contributed by atoms with E-state index in [9.17, 15) is 4.79 Å². The number of methoxy groups -OCH3 is 1. The van der Waals surface area contributed by atoms with Gasteiger partial charge in [-0.05, 0) is 50.0 Å². The molecule has 0 saturated carbocycles. The second-order valence-corrected chi connectivity index (χ2v) is 8.93. The van der Waals surface area contributed by atoms with Crippen LogP contribution in [0.1, 0.15) is 22.5 Å². The summed E-state index contributed by atoms with van der Waals surface area (Å²) in [7, 11) is 1.61. The molecule has 7 heteroatoms. The Labute approximate surface area is 155 Å². The molecule has 0 radical (unpaired) electrons. The molecule has 132 valence electrons. The van der Waals surface area contributed by atoms with Crippen molar-refractivity contribution in [1.29, 1.82) is 0 Å². The van der Waals surface area contributed by atoms with Crippen LogP contribution in [0, 0.1) is 5.92 Å². The maximum Gasteiger partial charge on any atom is 0.261 e. The van der Waals surface area contributed by atoms with Crippen molar-refractivity contribution < 1.29 is 9.53 Å². The van der Waals surface area contributed by atoms with Crippen molar-refractivity contribution in [3.8, 4) is 5.88 Å². The van der Waals surface area contributed by atoms with Crippen LogP contribution in [0.4, 0.5) is 0 Å². The van der Waals surface area contributed by atoms with Crippen molar-refractivity contribution in [1.82, 2.24) is 15.2 Å². The van der Waals surface area contributed by atoms with Gasteiger partial charge >= 0.3 is 0 Å². The Morgan fingerprint density at radius 3 is 2.80 bits per heavy atom. The van der Waals surface area contributed by atoms with E-state index in [1.807, 2.05) is 24.3 Å². The van der Waals surface area contributed by atoms with E-state index in [-0.39, 0.29) is 5.91 Å². The van der Waals surface area contributed by atoms with E-state index >= 15 is 0 Å². The van der Waals surface area contributed by atoms with Gasteiger partial charge in [0.25, 0.3) is 5.91 Å². The number of thiophene rings is 1. The summed E-state index contributed by atoms with van der Waals surface area (Å²) in [6, 6.07) is 8.05. The lowest BCUT2D eigenvalue weighted by atomic mass is 9.84. The van der Waals surface area contributed by atoms with Crippen molar-refractivity contribution in [2.45, 2.75) is 28.0 Å². The molecular formula is C18H21N3O2S2. The summed E-state index contributed by atoms with van der Waals surface area (Å²) < 4.78 is 6.16. The lowest BCUT2D eigenvalue weighted by Gasteiger charge is -2.44. The van der Waals surface area contributed by atoms with Crippen LogP contribution in [0.2, 0.25) is 0 Å². The number of piperidine rings is 3. The molecule has 3 fully saturated rings. The third-order valence-corrected chi connectivity index (χ3v) is 7.11. The molecule has 1 N–H and O–H groups in total. The van der Waals surface area contributed by atoms with Gasteiger partial charge in [-0.2, -0.15) is 0 Å². The predicted octanol–water partition coefficient (Wildman–Crippen LogP) is 3.13. The fourth-order valence-corrected chi connectivity index (χ4v) is 5.50. The van der Waals surface area contributed by atoms with Crippen LogP contribution in [0.25, 0.3) is 0 Å². The van der Waals surface area contributed by atoms with E-state index in [1.165, 1.54) is 37.3 Å². The first kappa shape index (κ1) is 16.9. The highest BCUT2D eigenvalue weighted by Gasteiger charge is 2.35. The standard InChI is InChI=1S/C18H21N3O2S2/c1-23-16-4-2-13(10-19-16)24-17-5-3-15(25-17)18(22)20-14-11-21-8-6-12(14)7-9-21/h2-5,10,12,14H,6-9,11H2,1H3,(H,20,22)/t14-/m0/s1. The van der Waals surface area contributed by atoms with Crippen LogP contribution in [0.5, 0.6) is 5.88 Å². The van der Waals surface area contributed by atoms with Gasteiger partial charge < -0.3 is 15.0 Å². The zero-order valence-electron chi connectivity index (χ0n) is 14.1. The van der Waals surface area contributed by atoms with Crippen LogP contribution in [-0.4, -0.2) is 48.6 Å². The SMILES string of the molecule is COc1ccc(Sc2ccc(C(=O)N[C@H]3CN4CCC3CC4)s2)cn1. The largest absolute Gasteiger partial charge is 0.481 e. The third-order valence-electron chi connectivity index (χ3n) is 4.91. The number of hydrogen-bond acceptors (Lipinski definition) is 6. The Hall–Kier alpha value is -1.57. The molecule has 0 unspecified atom stereocenters. The van der Waals surface area contributed by atoms with Gasteiger partial charge in [0, 0.05) is 29.7 Å². The molecule has 25 heavy (non-hydrogen) atoms. The number of rotatable bonds is 5. The minimum atomic E-state index is 0.0588. The van der Waals surface area contributed by atoms with E-state index in [4.69, 9.17) is 4.74 Å². The molecule has 0 aromatic carbocycles. The molecule has 0 aliphatic carbocycles. The molecule has 0 spiro atoms. The quantitative estimate of drug-likeness (QED) is 0.870. The smallest absolute Gasteiger partial charge is 0.261 e. The molecule has 3 aliphatic rings. The summed E-state index contributed by atoms with van der Waals surface area (Å²) in [5, 5.41) is 3.25. The lowest BCUT2D eigenvalue weighted by Crippen LogP contribution is -2.57. The summed E-state index contributed by atoms with van der Waals surface area (Å²) in [5.74, 6) is 1.31. The first-order valence-corrected chi connectivity index (χ1v) is 10.2. The van der Waals surface area contributed by atoms with E-state index < -0.39 is 0 Å². The van der Waals surface area contributed by atoms with Gasteiger partial charge in [0.1, 0.15) is 0 Å². The van der Waals surface area contributed by atoms with Crippen LogP contribution >= 0.6 is 23.1 Å². The molecule has 2 aromatic rings. The average molecular weight is 376 g/mol. The second kappa shape index (κ2) is 7.35. The maximum absolute atomic E-state index is 12.6. The Bertz CT molecular complexity index is 739. The van der Waals surface area contributed by atoms with Crippen LogP contribution < -0.4 is 10.1 Å². The number of ether oxygens (including phenoxy) is 1. The summed E-state index contributed by atoms with van der Waals surface area (Å²) >= 11 is 3.15. The number of pyridine rings is 1. The van der Waals surface area contributed by atoms with Gasteiger partial charge in [-0.15, -0.1) is 11.3 Å². The first-order valence-electron chi connectivity index (χ1n) is 8.52. The van der Waals surface area contributed by atoms with Gasteiger partial charge in [0.05, 0.1) is 16.2 Å². The molecule has 3 saturated heterocycles. The number of amides is 1. The van der Waals surface area contributed by atoms with Crippen molar-refractivity contribution in [3.63, 3.8) is 0 Å². The number of carbonyl (C=O) groups excluding carboxylic acids is 1. The summed E-state index contributed by atoms with van der Waals surface area (Å²) in [6.07, 6.45) is 4.21. The zero-order valence-corrected chi connectivity index (χ0v) is 15.7. The molecule has 5 heterocycles. The number of nitrogens with zero attached hydrogens (tertiary/aromatic N) is 2. The highest BCUT2D eigenvalue weighted by molar-refractivity contribution is 8.01. The summed E-state index contributed by atoms with van der Waals surface area (Å²) in [5.41, 5.74) is 0. The Balaban J connectivity index is 1.37. The van der Waals surface area contributed by atoms with Crippen molar-refractivity contribution in [3.05, 3.63) is 35.3 Å². The second-order valence-electron chi connectivity index (χ2n) is 6.47. The summed E-state index contributed by atoms with van der Waals surface area (Å²) in [4.78, 5) is 21.1. The molecule has 1 atom stereocenters. The first-order chi connectivity index (χ1) is 12.2. The monoisotopic (exact) mass is 375 g/mol. The van der Waals surface area contributed by atoms with Crippen molar-refractivity contribution >= 4 is 29.0 Å². The number of aromatic nitrogens is 1. The Morgan fingerprint density at radius 1 is 1.32 bits per heavy atom. The minimum Gasteiger partial charge on any atom is -0.481 e. The van der Waals surface area contributed by atoms with E-state index in [0.717, 1.165) is 20.5 Å². The predicted molar refractivity (Wildman–Crippen MR) is 99.6 cm³/mol. The molecule has 5 rings (SSSR count). The molecule has 5 nitrogen and oxygen atoms in total. The van der Waals surface area contributed by atoms with Crippen molar-refractivity contribution in [2.24, 2.45) is 5.92 Å². The van der Waals surface area contributed by atoms with Gasteiger partial charge in [-0.1, -0.05) is 11.8 Å². The lowest BCUT2D eigenvalue weighted by molar-refractivity contribution is 0.0622. The van der Waals surface area contributed by atoms with Crippen LogP contribution in [0.15, 0.2) is 39.6 Å². The minimum absolute atomic E-state index is 0.0588. The van der Waals surface area contributed by atoms with Crippen LogP contribution in [-0.2, 0) is 0 Å². The molecule has 2 bridgehead atoms. The number of nitrogens with one attached hydrogen (secondary N) is 1. The highest BCUT2D eigenvalue weighted by atomic mass is 32.2. The summed E-state index contributed by atoms with van der Waals surface area (Å²) in [6.45, 7) is 3.38. The maximum atomic E-state index is 12.6. The average Bonchev–Trinajstić information content (AvgIpc) is 3.12. The topological polar surface area (TPSA) is 54.5 Å². The van der Waals surface area contributed by atoms with Crippen molar-refractivity contribution in [2.75, 3.05) is 26.7 Å². The Morgan fingerprint density at radius 2 is 2.16 bits per heavy atom. The fraction of sp³-hybridized carbons (Fsp3) is 0.444. The van der Waals surface area contributed by atoms with E-state index in [2.05, 4.69) is 15.2 Å². The molecule has 2 aromatic heterocycles. The molecular weight excluding hydrogens is 354 g/mol. The van der Waals surface area contributed by atoms with Gasteiger partial charge in [0.2, 0.25) is 5.88 Å². The molecule has 1 amide bonds. The van der Waals surface area contributed by atoms with Crippen LogP contribution in [0.3, 0.4) is 0 Å². The number of hydrogen-bond donors (Lipinski definition) is 1. The third kappa shape index (κ3) is 3.83. The number of carbonyl (C=O) groups is 1.